The Morgan fingerprint density at radius 3 is 2.94 bits per heavy atom. The molecule has 1 aromatic rings. The molecule has 5 heteroatoms. The van der Waals surface area contributed by atoms with Gasteiger partial charge >= 0.3 is 0 Å². The number of nitro benzene ring substituents is 1. The van der Waals surface area contributed by atoms with Crippen molar-refractivity contribution in [3.05, 3.63) is 33.9 Å². The minimum absolute atomic E-state index is 0.238. The van der Waals surface area contributed by atoms with Crippen LogP contribution in [0.5, 0.6) is 0 Å². The van der Waals surface area contributed by atoms with Gasteiger partial charge in [-0.2, -0.15) is 0 Å². The Kier molecular flexibility index (Phi) is 3.28. The number of hydrogen-bond acceptors (Lipinski definition) is 4. The van der Waals surface area contributed by atoms with Gasteiger partial charge in [-0.1, -0.05) is 12.1 Å². The van der Waals surface area contributed by atoms with E-state index < -0.39 is 0 Å². The smallest absolute Gasteiger partial charge is 0.295 e. The molecule has 0 aromatic heterocycles. The Labute approximate surface area is 101 Å². The Morgan fingerprint density at radius 1 is 1.53 bits per heavy atom. The van der Waals surface area contributed by atoms with Gasteiger partial charge in [0.2, 0.25) is 0 Å². The highest BCUT2D eigenvalue weighted by Crippen LogP contribution is 2.31. The van der Waals surface area contributed by atoms with Gasteiger partial charge in [0.15, 0.2) is 0 Å². The van der Waals surface area contributed by atoms with Crippen molar-refractivity contribution in [2.75, 3.05) is 24.5 Å². The number of nitro groups is 1. The number of benzene rings is 1. The van der Waals surface area contributed by atoms with Gasteiger partial charge in [-0.3, -0.25) is 10.1 Å². The molecule has 1 N–H and O–H groups in total. The summed E-state index contributed by atoms with van der Waals surface area (Å²) >= 11 is 0. The third-order valence-electron chi connectivity index (χ3n) is 3.11. The largest absolute Gasteiger partial charge is 0.363 e. The molecule has 0 aliphatic carbocycles. The van der Waals surface area contributed by atoms with Crippen LogP contribution >= 0.6 is 0 Å². The third-order valence-corrected chi connectivity index (χ3v) is 3.11. The van der Waals surface area contributed by atoms with Gasteiger partial charge in [-0.05, 0) is 19.9 Å². The van der Waals surface area contributed by atoms with Crippen molar-refractivity contribution in [3.8, 4) is 0 Å². The van der Waals surface area contributed by atoms with E-state index in [1.807, 2.05) is 12.1 Å². The SMILES string of the molecule is Cc1cccc(N2CCN[C@@H](C)C2)c1[N+](=O)[O-]. The molecule has 1 heterocycles. The van der Waals surface area contributed by atoms with Crippen LogP contribution in [0.3, 0.4) is 0 Å². The molecule has 1 aromatic carbocycles. The zero-order chi connectivity index (χ0) is 12.4. The fourth-order valence-electron chi connectivity index (χ4n) is 2.29. The van der Waals surface area contributed by atoms with Crippen LogP contribution in [-0.2, 0) is 0 Å². The predicted molar refractivity (Wildman–Crippen MR) is 67.5 cm³/mol. The van der Waals surface area contributed by atoms with E-state index >= 15 is 0 Å². The average Bonchev–Trinajstić information content (AvgIpc) is 2.28. The summed E-state index contributed by atoms with van der Waals surface area (Å²) in [4.78, 5) is 12.9. The number of hydrogen-bond donors (Lipinski definition) is 1. The molecule has 1 atom stereocenters. The van der Waals surface area contributed by atoms with Gasteiger partial charge in [0.05, 0.1) is 4.92 Å². The van der Waals surface area contributed by atoms with Gasteiger partial charge in [-0.25, -0.2) is 0 Å². The van der Waals surface area contributed by atoms with E-state index in [4.69, 9.17) is 0 Å². The highest BCUT2D eigenvalue weighted by atomic mass is 16.6. The second-order valence-electron chi connectivity index (χ2n) is 4.50. The number of rotatable bonds is 2. The molecule has 0 spiro atoms. The van der Waals surface area contributed by atoms with E-state index in [9.17, 15) is 10.1 Å². The predicted octanol–water partition coefficient (Wildman–Crippen LogP) is 1.70. The molecule has 0 unspecified atom stereocenters. The Morgan fingerprint density at radius 2 is 2.29 bits per heavy atom. The van der Waals surface area contributed by atoms with Crippen LogP contribution in [0.25, 0.3) is 0 Å². The highest BCUT2D eigenvalue weighted by molar-refractivity contribution is 5.66. The lowest BCUT2D eigenvalue weighted by Gasteiger charge is -2.33. The zero-order valence-corrected chi connectivity index (χ0v) is 10.1. The maximum atomic E-state index is 11.1. The van der Waals surface area contributed by atoms with Crippen molar-refractivity contribution in [1.29, 1.82) is 0 Å². The summed E-state index contributed by atoms with van der Waals surface area (Å²) in [6.45, 7) is 6.37. The molecule has 0 bridgehead atoms. The molecule has 0 radical (unpaired) electrons. The molecular weight excluding hydrogens is 218 g/mol. The molecule has 1 fully saturated rings. The van der Waals surface area contributed by atoms with Crippen LogP contribution in [0.4, 0.5) is 11.4 Å². The molecule has 1 aliphatic rings. The Balaban J connectivity index is 2.37. The summed E-state index contributed by atoms with van der Waals surface area (Å²) in [5, 5.41) is 14.5. The fraction of sp³-hybridized carbons (Fsp3) is 0.500. The number of para-hydroxylation sites is 1. The number of nitrogens with one attached hydrogen (secondary N) is 1. The molecule has 92 valence electrons. The lowest BCUT2D eigenvalue weighted by Crippen LogP contribution is -2.49. The van der Waals surface area contributed by atoms with E-state index in [1.54, 1.807) is 13.0 Å². The molecule has 2 rings (SSSR count). The second kappa shape index (κ2) is 4.71. The molecule has 0 saturated carbocycles. The van der Waals surface area contributed by atoms with Gasteiger partial charge in [0.1, 0.15) is 5.69 Å². The lowest BCUT2D eigenvalue weighted by molar-refractivity contribution is -0.384. The van der Waals surface area contributed by atoms with Crippen LogP contribution in [0.15, 0.2) is 18.2 Å². The quantitative estimate of drug-likeness (QED) is 0.626. The summed E-state index contributed by atoms with van der Waals surface area (Å²) in [6.07, 6.45) is 0. The van der Waals surface area contributed by atoms with Gasteiger partial charge < -0.3 is 10.2 Å². The molecule has 0 amide bonds. The highest BCUT2D eigenvalue weighted by Gasteiger charge is 2.24. The van der Waals surface area contributed by atoms with Gasteiger partial charge in [0.25, 0.3) is 5.69 Å². The van der Waals surface area contributed by atoms with Crippen LogP contribution in [0.1, 0.15) is 12.5 Å². The Bertz CT molecular complexity index is 434. The normalized spacial score (nSPS) is 20.4. The zero-order valence-electron chi connectivity index (χ0n) is 10.1. The van der Waals surface area contributed by atoms with Crippen molar-refractivity contribution < 1.29 is 4.92 Å². The fourth-order valence-corrected chi connectivity index (χ4v) is 2.29. The monoisotopic (exact) mass is 235 g/mol. The summed E-state index contributed by atoms with van der Waals surface area (Å²) in [5.41, 5.74) is 1.70. The van der Waals surface area contributed by atoms with Crippen molar-refractivity contribution in [1.82, 2.24) is 5.32 Å². The van der Waals surface area contributed by atoms with Gasteiger partial charge in [-0.15, -0.1) is 0 Å². The molecule has 5 nitrogen and oxygen atoms in total. The maximum Gasteiger partial charge on any atom is 0.295 e. The molecule has 1 saturated heterocycles. The lowest BCUT2D eigenvalue weighted by atomic mass is 10.1. The second-order valence-corrected chi connectivity index (χ2v) is 4.50. The summed E-state index contributed by atoms with van der Waals surface area (Å²) in [6, 6.07) is 5.87. The van der Waals surface area contributed by atoms with Crippen LogP contribution in [0.2, 0.25) is 0 Å². The third kappa shape index (κ3) is 2.39. The molecular formula is C12H17N3O2. The van der Waals surface area contributed by atoms with Crippen molar-refractivity contribution in [3.63, 3.8) is 0 Å². The van der Waals surface area contributed by atoms with E-state index in [-0.39, 0.29) is 10.6 Å². The standard InChI is InChI=1S/C12H17N3O2/c1-9-4-3-5-11(12(9)15(16)17)14-7-6-13-10(2)8-14/h3-5,10,13H,6-8H2,1-2H3/t10-/m0/s1. The number of anilines is 1. The number of aryl methyl sites for hydroxylation is 1. The van der Waals surface area contributed by atoms with Gasteiger partial charge in [0, 0.05) is 31.2 Å². The topological polar surface area (TPSA) is 58.4 Å². The van der Waals surface area contributed by atoms with Crippen molar-refractivity contribution >= 4 is 11.4 Å². The van der Waals surface area contributed by atoms with E-state index in [1.165, 1.54) is 0 Å². The van der Waals surface area contributed by atoms with E-state index in [0.717, 1.165) is 30.9 Å². The molecule has 1 aliphatic heterocycles. The van der Waals surface area contributed by atoms with Crippen LogP contribution < -0.4 is 10.2 Å². The maximum absolute atomic E-state index is 11.1. The number of piperazine rings is 1. The van der Waals surface area contributed by atoms with Crippen LogP contribution in [0, 0.1) is 17.0 Å². The summed E-state index contributed by atoms with van der Waals surface area (Å²) in [7, 11) is 0. The summed E-state index contributed by atoms with van der Waals surface area (Å²) < 4.78 is 0. The van der Waals surface area contributed by atoms with Crippen molar-refractivity contribution in [2.45, 2.75) is 19.9 Å². The number of nitrogens with zero attached hydrogens (tertiary/aromatic N) is 2. The first-order valence-corrected chi connectivity index (χ1v) is 5.82. The Hall–Kier alpha value is -1.62. The van der Waals surface area contributed by atoms with Crippen molar-refractivity contribution in [2.24, 2.45) is 0 Å². The first kappa shape index (κ1) is 11.9. The summed E-state index contributed by atoms with van der Waals surface area (Å²) in [5.74, 6) is 0. The molecule has 17 heavy (non-hydrogen) atoms. The average molecular weight is 235 g/mol. The minimum atomic E-state index is -0.280. The van der Waals surface area contributed by atoms with E-state index in [2.05, 4.69) is 17.1 Å². The van der Waals surface area contributed by atoms with E-state index in [0.29, 0.717) is 6.04 Å². The first-order valence-electron chi connectivity index (χ1n) is 5.82. The first-order chi connectivity index (χ1) is 8.09. The van der Waals surface area contributed by atoms with Crippen LogP contribution in [-0.4, -0.2) is 30.6 Å². The minimum Gasteiger partial charge on any atom is -0.363 e.